The van der Waals surface area contributed by atoms with Gasteiger partial charge in [0.25, 0.3) is 0 Å². The molecule has 39 heavy (non-hydrogen) atoms. The van der Waals surface area contributed by atoms with Crippen LogP contribution < -0.4 is 4.90 Å². The Bertz CT molecular complexity index is 1790. The zero-order valence-electron chi connectivity index (χ0n) is 21.4. The van der Waals surface area contributed by atoms with Gasteiger partial charge in [-0.05, 0) is 90.9 Å². The van der Waals surface area contributed by atoms with Crippen molar-refractivity contribution in [2.75, 3.05) is 4.90 Å². The van der Waals surface area contributed by atoms with Crippen LogP contribution in [0.5, 0.6) is 5.75 Å². The van der Waals surface area contributed by atoms with Crippen LogP contribution in [0, 0.1) is 0 Å². The van der Waals surface area contributed by atoms with Crippen molar-refractivity contribution in [1.82, 2.24) is 9.97 Å². The summed E-state index contributed by atoms with van der Waals surface area (Å²) in [7, 11) is 0. The molecule has 4 aromatic carbocycles. The lowest BCUT2D eigenvalue weighted by molar-refractivity contribution is 0.477. The van der Waals surface area contributed by atoms with E-state index in [0.717, 1.165) is 61.9 Å². The van der Waals surface area contributed by atoms with Crippen molar-refractivity contribution in [3.05, 3.63) is 120 Å². The molecule has 0 saturated carbocycles. The highest BCUT2D eigenvalue weighted by molar-refractivity contribution is 7.21. The summed E-state index contributed by atoms with van der Waals surface area (Å²) in [6, 6.07) is 35.1. The second kappa shape index (κ2) is 10.0. The number of fused-ring (bicyclic) bond motifs is 2. The maximum absolute atomic E-state index is 10.4. The Morgan fingerprint density at radius 2 is 1.49 bits per heavy atom. The molecular formula is C34H27N3OS. The van der Waals surface area contributed by atoms with E-state index in [1.165, 1.54) is 24.0 Å². The topological polar surface area (TPSA) is 49.3 Å². The third-order valence-corrected chi connectivity index (χ3v) is 8.50. The molecule has 0 atom stereocenters. The lowest BCUT2D eigenvalue weighted by Crippen LogP contribution is -2.16. The second-order valence-electron chi connectivity index (χ2n) is 9.89. The van der Waals surface area contributed by atoms with Crippen molar-refractivity contribution in [2.24, 2.45) is 0 Å². The zero-order valence-corrected chi connectivity index (χ0v) is 22.2. The van der Waals surface area contributed by atoms with Crippen LogP contribution >= 0.6 is 11.3 Å². The summed E-state index contributed by atoms with van der Waals surface area (Å²) in [5.74, 6) is 1.27. The molecule has 2 aromatic heterocycles. The van der Waals surface area contributed by atoms with Crippen LogP contribution in [0.3, 0.4) is 0 Å². The Balaban J connectivity index is 1.37. The van der Waals surface area contributed by atoms with E-state index in [9.17, 15) is 5.11 Å². The number of thiazole rings is 1. The van der Waals surface area contributed by atoms with Crippen LogP contribution in [0.15, 0.2) is 109 Å². The highest BCUT2D eigenvalue weighted by Gasteiger charge is 2.22. The van der Waals surface area contributed by atoms with Crippen molar-refractivity contribution >= 4 is 38.7 Å². The molecule has 0 saturated heterocycles. The van der Waals surface area contributed by atoms with Gasteiger partial charge in [0.15, 0.2) is 0 Å². The molecular weight excluding hydrogens is 498 g/mol. The number of aromatic hydroxyl groups is 1. The van der Waals surface area contributed by atoms with Gasteiger partial charge in [0.05, 0.1) is 15.8 Å². The first-order chi connectivity index (χ1) is 19.3. The van der Waals surface area contributed by atoms with Crippen molar-refractivity contribution in [3.63, 3.8) is 0 Å². The fourth-order valence-corrected chi connectivity index (χ4v) is 6.60. The third-order valence-electron chi connectivity index (χ3n) is 7.45. The van der Waals surface area contributed by atoms with E-state index in [0.29, 0.717) is 0 Å². The summed E-state index contributed by atoms with van der Waals surface area (Å²) in [6.45, 7) is 0. The number of anilines is 3. The number of rotatable bonds is 5. The highest BCUT2D eigenvalue weighted by Crippen LogP contribution is 2.42. The summed E-state index contributed by atoms with van der Waals surface area (Å²) in [5, 5.41) is 11.2. The lowest BCUT2D eigenvalue weighted by atomic mass is 9.92. The molecule has 0 radical (unpaired) electrons. The van der Waals surface area contributed by atoms with Gasteiger partial charge in [-0.3, -0.25) is 4.90 Å². The number of hydrogen-bond donors (Lipinski definition) is 1. The van der Waals surface area contributed by atoms with E-state index in [2.05, 4.69) is 83.8 Å². The number of hydrogen-bond acceptors (Lipinski definition) is 5. The first-order valence-electron chi connectivity index (χ1n) is 13.4. The number of aryl methyl sites for hydroxylation is 1. The number of phenols is 1. The minimum absolute atomic E-state index is 0.247. The summed E-state index contributed by atoms with van der Waals surface area (Å²) in [5.41, 5.74) is 8.79. The largest absolute Gasteiger partial charge is 0.507 e. The first-order valence-corrected chi connectivity index (χ1v) is 14.2. The van der Waals surface area contributed by atoms with Crippen LogP contribution in [0.2, 0.25) is 0 Å². The number of benzene rings is 4. The van der Waals surface area contributed by atoms with E-state index < -0.39 is 0 Å². The summed E-state index contributed by atoms with van der Waals surface area (Å²) >= 11 is 1.60. The van der Waals surface area contributed by atoms with Crippen molar-refractivity contribution in [1.29, 1.82) is 0 Å². The SMILES string of the molecule is Oc1ccccc1-c1nc2c(-c3cccc(N(c4ccccc4)c4nccc5c4CCCC5)c3)cccc2s1. The van der Waals surface area contributed by atoms with Crippen molar-refractivity contribution in [2.45, 2.75) is 25.7 Å². The van der Waals surface area contributed by atoms with Gasteiger partial charge in [0, 0.05) is 23.1 Å². The Labute approximate surface area is 231 Å². The molecule has 7 rings (SSSR count). The average Bonchev–Trinajstić information content (AvgIpc) is 3.43. The standard InChI is InChI=1S/C34H27N3OS/c38-30-18-7-6-16-29(30)34-36-32-27(17-9-19-31(32)39-34)24-11-8-14-26(22-24)37(25-12-2-1-3-13-25)33-28-15-5-4-10-23(28)20-21-35-33/h1-3,6-9,11-14,16-22,38H,4-5,10,15H2. The van der Waals surface area contributed by atoms with Crippen LogP contribution in [-0.2, 0) is 12.8 Å². The first kappa shape index (κ1) is 23.6. The Morgan fingerprint density at radius 1 is 0.718 bits per heavy atom. The molecule has 5 heteroatoms. The maximum Gasteiger partial charge on any atom is 0.141 e. The van der Waals surface area contributed by atoms with Gasteiger partial charge in [-0.1, -0.05) is 54.6 Å². The fourth-order valence-electron chi connectivity index (χ4n) is 5.57. The molecule has 0 unspecified atom stereocenters. The number of phenolic OH excluding ortho intramolecular Hbond substituents is 1. The van der Waals surface area contributed by atoms with E-state index >= 15 is 0 Å². The van der Waals surface area contributed by atoms with Crippen molar-refractivity contribution in [3.8, 4) is 27.4 Å². The molecule has 1 N–H and O–H groups in total. The fraction of sp³-hybridized carbons (Fsp3) is 0.118. The Hall–Kier alpha value is -4.48. The minimum Gasteiger partial charge on any atom is -0.507 e. The van der Waals surface area contributed by atoms with Gasteiger partial charge in [0.2, 0.25) is 0 Å². The van der Waals surface area contributed by atoms with E-state index in [4.69, 9.17) is 9.97 Å². The molecule has 1 aliphatic carbocycles. The normalized spacial score (nSPS) is 12.8. The highest BCUT2D eigenvalue weighted by atomic mass is 32.1. The molecule has 190 valence electrons. The quantitative estimate of drug-likeness (QED) is 0.244. The predicted molar refractivity (Wildman–Crippen MR) is 161 cm³/mol. The zero-order chi connectivity index (χ0) is 26.2. The minimum atomic E-state index is 0.247. The monoisotopic (exact) mass is 525 g/mol. The Kier molecular flexibility index (Phi) is 6.06. The maximum atomic E-state index is 10.4. The van der Waals surface area contributed by atoms with Crippen LogP contribution in [0.25, 0.3) is 31.9 Å². The number of aromatic nitrogens is 2. The summed E-state index contributed by atoms with van der Waals surface area (Å²) in [6.07, 6.45) is 6.54. The predicted octanol–water partition coefficient (Wildman–Crippen LogP) is 9.08. The molecule has 6 aromatic rings. The molecule has 1 aliphatic rings. The van der Waals surface area contributed by atoms with Gasteiger partial charge in [-0.15, -0.1) is 11.3 Å². The second-order valence-corrected chi connectivity index (χ2v) is 10.9. The van der Waals surface area contributed by atoms with Crippen LogP contribution in [0.4, 0.5) is 17.2 Å². The molecule has 0 fully saturated rings. The van der Waals surface area contributed by atoms with Gasteiger partial charge < -0.3 is 5.11 Å². The van der Waals surface area contributed by atoms with Crippen LogP contribution in [-0.4, -0.2) is 15.1 Å². The molecule has 0 amide bonds. The number of pyridine rings is 1. The van der Waals surface area contributed by atoms with Gasteiger partial charge in [0.1, 0.15) is 16.6 Å². The van der Waals surface area contributed by atoms with Crippen LogP contribution in [0.1, 0.15) is 24.0 Å². The van der Waals surface area contributed by atoms with E-state index in [1.807, 2.05) is 24.4 Å². The number of nitrogens with zero attached hydrogens (tertiary/aromatic N) is 3. The Morgan fingerprint density at radius 3 is 2.38 bits per heavy atom. The summed E-state index contributed by atoms with van der Waals surface area (Å²) in [4.78, 5) is 12.2. The van der Waals surface area contributed by atoms with E-state index in [-0.39, 0.29) is 5.75 Å². The molecule has 2 heterocycles. The lowest BCUT2D eigenvalue weighted by Gasteiger charge is -2.29. The van der Waals surface area contributed by atoms with Gasteiger partial charge in [-0.2, -0.15) is 0 Å². The van der Waals surface area contributed by atoms with E-state index in [1.54, 1.807) is 17.4 Å². The molecule has 0 spiro atoms. The van der Waals surface area contributed by atoms with Crippen molar-refractivity contribution < 1.29 is 5.11 Å². The smallest absolute Gasteiger partial charge is 0.141 e. The summed E-state index contributed by atoms with van der Waals surface area (Å²) < 4.78 is 1.09. The number of para-hydroxylation sites is 3. The third kappa shape index (κ3) is 4.35. The van der Waals surface area contributed by atoms with Gasteiger partial charge >= 0.3 is 0 Å². The molecule has 0 bridgehead atoms. The average molecular weight is 526 g/mol. The van der Waals surface area contributed by atoms with Gasteiger partial charge in [-0.25, -0.2) is 9.97 Å². The molecule has 0 aliphatic heterocycles. The molecule has 4 nitrogen and oxygen atoms in total.